The number of aromatic nitrogens is 1. The summed E-state index contributed by atoms with van der Waals surface area (Å²) in [7, 11) is 1.66. The van der Waals surface area contributed by atoms with E-state index in [1.165, 1.54) is 11.3 Å². The van der Waals surface area contributed by atoms with Crippen LogP contribution in [0.5, 0.6) is 5.75 Å². The molecule has 0 saturated carbocycles. The van der Waals surface area contributed by atoms with Crippen LogP contribution in [0.2, 0.25) is 5.02 Å². The maximum absolute atomic E-state index is 13.3. The predicted octanol–water partition coefficient (Wildman–Crippen LogP) is 6.55. The first-order valence-electron chi connectivity index (χ1n) is 10.8. The molecule has 5 nitrogen and oxygen atoms in total. The summed E-state index contributed by atoms with van der Waals surface area (Å²) < 4.78 is 6.15. The molecule has 0 fully saturated rings. The molecular formula is C24H31Cl2N3O2S2. The summed E-state index contributed by atoms with van der Waals surface area (Å²) in [6.07, 6.45) is 0.442. The van der Waals surface area contributed by atoms with E-state index in [1.807, 2.05) is 48.2 Å². The van der Waals surface area contributed by atoms with Gasteiger partial charge in [-0.15, -0.1) is 24.2 Å². The summed E-state index contributed by atoms with van der Waals surface area (Å²) in [4.78, 5) is 23.4. The van der Waals surface area contributed by atoms with Crippen molar-refractivity contribution in [2.45, 2.75) is 32.1 Å². The molecule has 0 spiro atoms. The Labute approximate surface area is 215 Å². The van der Waals surface area contributed by atoms with Crippen molar-refractivity contribution in [2.75, 3.05) is 43.9 Å². The lowest BCUT2D eigenvalue weighted by Gasteiger charge is -2.24. The van der Waals surface area contributed by atoms with E-state index < -0.39 is 0 Å². The molecule has 0 N–H and O–H groups in total. The van der Waals surface area contributed by atoms with Crippen molar-refractivity contribution in [3.8, 4) is 5.75 Å². The molecule has 0 bridgehead atoms. The molecule has 0 radical (unpaired) electrons. The number of benzene rings is 2. The molecule has 33 heavy (non-hydrogen) atoms. The van der Waals surface area contributed by atoms with Crippen molar-refractivity contribution in [3.05, 3.63) is 47.0 Å². The number of aryl methyl sites for hydroxylation is 1. The van der Waals surface area contributed by atoms with E-state index in [0.29, 0.717) is 23.7 Å². The van der Waals surface area contributed by atoms with E-state index in [9.17, 15) is 4.79 Å². The van der Waals surface area contributed by atoms with Crippen molar-refractivity contribution in [3.63, 3.8) is 0 Å². The van der Waals surface area contributed by atoms with Gasteiger partial charge in [0.15, 0.2) is 5.13 Å². The summed E-state index contributed by atoms with van der Waals surface area (Å²) in [5, 5.41) is 1.41. The summed E-state index contributed by atoms with van der Waals surface area (Å²) in [5.74, 6) is 1.63. The van der Waals surface area contributed by atoms with Crippen LogP contribution in [-0.4, -0.2) is 54.8 Å². The van der Waals surface area contributed by atoms with Crippen LogP contribution in [0.4, 0.5) is 5.13 Å². The van der Waals surface area contributed by atoms with Crippen LogP contribution in [0.3, 0.4) is 0 Å². The van der Waals surface area contributed by atoms with E-state index in [2.05, 4.69) is 18.7 Å². The van der Waals surface area contributed by atoms with E-state index in [1.54, 1.807) is 18.9 Å². The second-order valence-corrected chi connectivity index (χ2v) is 9.94. The van der Waals surface area contributed by atoms with Gasteiger partial charge in [-0.1, -0.05) is 42.9 Å². The van der Waals surface area contributed by atoms with Gasteiger partial charge in [-0.25, -0.2) is 4.98 Å². The highest BCUT2D eigenvalue weighted by Crippen LogP contribution is 2.36. The standard InChI is InChI=1S/C24H30ClN3O2S2.ClH/c1-5-27(6-2)14-15-28(24-26-22-17(3)7-12-20(25)23(22)32-24)21(29)13-16-31-19-10-8-18(30-4)9-11-19;/h7-12H,5-6,13-16H2,1-4H3;1H. The number of fused-ring (bicyclic) bond motifs is 1. The SMILES string of the molecule is CCN(CC)CCN(C(=O)CCSc1ccc(OC)cc1)c1nc2c(C)ccc(Cl)c2s1.Cl. The highest BCUT2D eigenvalue weighted by molar-refractivity contribution is 7.99. The molecule has 0 aliphatic heterocycles. The Kier molecular flexibility index (Phi) is 11.3. The summed E-state index contributed by atoms with van der Waals surface area (Å²) >= 11 is 9.59. The molecule has 0 atom stereocenters. The lowest BCUT2D eigenvalue weighted by Crippen LogP contribution is -2.39. The smallest absolute Gasteiger partial charge is 0.229 e. The van der Waals surface area contributed by atoms with E-state index in [-0.39, 0.29) is 18.3 Å². The lowest BCUT2D eigenvalue weighted by molar-refractivity contribution is -0.118. The second kappa shape index (κ2) is 13.4. The third-order valence-corrected chi connectivity index (χ3v) is 7.95. The second-order valence-electron chi connectivity index (χ2n) is 7.38. The first-order valence-corrected chi connectivity index (χ1v) is 13.0. The van der Waals surface area contributed by atoms with Crippen molar-refractivity contribution in [2.24, 2.45) is 0 Å². The van der Waals surface area contributed by atoms with Gasteiger partial charge in [0.05, 0.1) is 22.3 Å². The number of hydrogen-bond acceptors (Lipinski definition) is 6. The molecule has 1 aromatic heterocycles. The van der Waals surface area contributed by atoms with Crippen LogP contribution in [0, 0.1) is 6.92 Å². The Morgan fingerprint density at radius 1 is 1.12 bits per heavy atom. The third kappa shape index (κ3) is 7.23. The molecule has 180 valence electrons. The molecule has 0 aliphatic rings. The van der Waals surface area contributed by atoms with Crippen molar-refractivity contribution in [1.29, 1.82) is 0 Å². The molecule has 0 aliphatic carbocycles. The average Bonchev–Trinajstić information content (AvgIpc) is 3.26. The number of amides is 1. The topological polar surface area (TPSA) is 45.7 Å². The third-order valence-electron chi connectivity index (χ3n) is 5.40. The van der Waals surface area contributed by atoms with Gasteiger partial charge in [-0.05, 0) is 55.9 Å². The zero-order chi connectivity index (χ0) is 23.1. The van der Waals surface area contributed by atoms with E-state index in [4.69, 9.17) is 21.3 Å². The summed E-state index contributed by atoms with van der Waals surface area (Å²) in [6, 6.07) is 11.8. The van der Waals surface area contributed by atoms with Crippen LogP contribution in [0.15, 0.2) is 41.3 Å². The molecule has 0 saturated heterocycles. The minimum Gasteiger partial charge on any atom is -0.497 e. The van der Waals surface area contributed by atoms with Crippen LogP contribution in [0.1, 0.15) is 25.8 Å². The number of thioether (sulfide) groups is 1. The fourth-order valence-electron chi connectivity index (χ4n) is 3.38. The molecule has 1 heterocycles. The number of ether oxygens (including phenoxy) is 1. The zero-order valence-electron chi connectivity index (χ0n) is 19.5. The van der Waals surface area contributed by atoms with Crippen molar-refractivity contribution < 1.29 is 9.53 Å². The van der Waals surface area contributed by atoms with Crippen LogP contribution in [-0.2, 0) is 4.79 Å². The van der Waals surface area contributed by atoms with Crippen LogP contribution in [0.25, 0.3) is 10.2 Å². The van der Waals surface area contributed by atoms with Gasteiger partial charge < -0.3 is 9.64 Å². The van der Waals surface area contributed by atoms with Gasteiger partial charge in [-0.3, -0.25) is 9.69 Å². The van der Waals surface area contributed by atoms with Gasteiger partial charge in [-0.2, -0.15) is 0 Å². The molecule has 1 amide bonds. The molecule has 3 rings (SSSR count). The largest absolute Gasteiger partial charge is 0.497 e. The molecule has 0 unspecified atom stereocenters. The maximum Gasteiger partial charge on any atom is 0.229 e. The number of likely N-dealkylation sites (N-methyl/N-ethyl adjacent to an activating group) is 1. The maximum atomic E-state index is 13.3. The fourth-order valence-corrected chi connectivity index (χ4v) is 5.58. The van der Waals surface area contributed by atoms with E-state index >= 15 is 0 Å². The highest BCUT2D eigenvalue weighted by Gasteiger charge is 2.21. The predicted molar refractivity (Wildman–Crippen MR) is 145 cm³/mol. The number of halogens is 2. The van der Waals surface area contributed by atoms with Crippen molar-refractivity contribution >= 4 is 68.4 Å². The molecular weight excluding hydrogens is 497 g/mol. The first kappa shape index (κ1) is 27.7. The average molecular weight is 529 g/mol. The minimum atomic E-state index is 0. The van der Waals surface area contributed by atoms with Gasteiger partial charge in [0, 0.05) is 30.2 Å². The van der Waals surface area contributed by atoms with Crippen LogP contribution < -0.4 is 9.64 Å². The first-order chi connectivity index (χ1) is 15.5. The number of anilines is 1. The molecule has 2 aromatic carbocycles. The molecule has 9 heteroatoms. The number of hydrogen-bond donors (Lipinski definition) is 0. The minimum absolute atomic E-state index is 0. The lowest BCUT2D eigenvalue weighted by atomic mass is 10.2. The Morgan fingerprint density at radius 3 is 2.42 bits per heavy atom. The van der Waals surface area contributed by atoms with Gasteiger partial charge >= 0.3 is 0 Å². The quantitative estimate of drug-likeness (QED) is 0.264. The fraction of sp³-hybridized carbons (Fsp3) is 0.417. The Balaban J connectivity index is 0.00000385. The Bertz CT molecular complexity index is 1000. The molecule has 3 aromatic rings. The summed E-state index contributed by atoms with van der Waals surface area (Å²) in [5.41, 5.74) is 1.95. The van der Waals surface area contributed by atoms with Gasteiger partial charge in [0.25, 0.3) is 0 Å². The summed E-state index contributed by atoms with van der Waals surface area (Å²) in [6.45, 7) is 9.64. The number of nitrogens with zero attached hydrogens (tertiary/aromatic N) is 3. The normalized spacial score (nSPS) is 11.0. The van der Waals surface area contributed by atoms with Crippen molar-refractivity contribution in [1.82, 2.24) is 9.88 Å². The number of rotatable bonds is 11. The monoisotopic (exact) mass is 527 g/mol. The zero-order valence-corrected chi connectivity index (χ0v) is 22.7. The number of carbonyl (C=O) groups excluding carboxylic acids is 1. The number of methoxy groups -OCH3 is 1. The van der Waals surface area contributed by atoms with E-state index in [0.717, 1.165) is 51.2 Å². The Morgan fingerprint density at radius 2 is 1.82 bits per heavy atom. The van der Waals surface area contributed by atoms with Crippen LogP contribution >= 0.6 is 47.1 Å². The number of thiazole rings is 1. The van der Waals surface area contributed by atoms with Gasteiger partial charge in [0.1, 0.15) is 5.75 Å². The number of carbonyl (C=O) groups is 1. The van der Waals surface area contributed by atoms with Gasteiger partial charge in [0.2, 0.25) is 5.91 Å². The highest BCUT2D eigenvalue weighted by atomic mass is 35.5. The Hall–Kier alpha value is -1.51.